The van der Waals surface area contributed by atoms with Gasteiger partial charge in [0, 0.05) is 21.9 Å². The summed E-state index contributed by atoms with van der Waals surface area (Å²) in [5, 5.41) is 9.66. The highest BCUT2D eigenvalue weighted by atomic mass is 32.1. The number of fused-ring (bicyclic) bond motifs is 1. The van der Waals surface area contributed by atoms with Gasteiger partial charge in [0.05, 0.1) is 0 Å². The van der Waals surface area contributed by atoms with Crippen LogP contribution in [0.1, 0.15) is 43.7 Å². The van der Waals surface area contributed by atoms with Crippen molar-refractivity contribution in [2.45, 2.75) is 46.1 Å². The SMILES string of the molecule is CC(C)n1c(-c2csc3c2CC[C@H](C)C3)n[nH]c1=S. The van der Waals surface area contributed by atoms with Crippen LogP contribution in [0.4, 0.5) is 0 Å². The number of aromatic nitrogens is 3. The highest BCUT2D eigenvalue weighted by Gasteiger charge is 2.23. The number of rotatable bonds is 2. The maximum absolute atomic E-state index is 5.34. The first-order chi connectivity index (χ1) is 9.08. The molecule has 0 saturated carbocycles. The fourth-order valence-corrected chi connectivity index (χ4v) is 4.42. The lowest BCUT2D eigenvalue weighted by Crippen LogP contribution is -2.10. The monoisotopic (exact) mass is 293 g/mol. The summed E-state index contributed by atoms with van der Waals surface area (Å²) in [6, 6.07) is 0.333. The molecule has 0 fully saturated rings. The zero-order valence-corrected chi connectivity index (χ0v) is 13.2. The van der Waals surface area contributed by atoms with Gasteiger partial charge in [0.15, 0.2) is 10.6 Å². The van der Waals surface area contributed by atoms with Crippen molar-refractivity contribution in [2.24, 2.45) is 5.92 Å². The van der Waals surface area contributed by atoms with Crippen LogP contribution in [0.25, 0.3) is 11.4 Å². The van der Waals surface area contributed by atoms with E-state index >= 15 is 0 Å². The smallest absolute Gasteiger partial charge is 0.195 e. The van der Waals surface area contributed by atoms with E-state index in [0.29, 0.717) is 10.8 Å². The Kier molecular flexibility index (Phi) is 3.35. The molecule has 2 heterocycles. The highest BCUT2D eigenvalue weighted by Crippen LogP contribution is 2.37. The molecule has 19 heavy (non-hydrogen) atoms. The van der Waals surface area contributed by atoms with E-state index in [1.54, 1.807) is 0 Å². The van der Waals surface area contributed by atoms with Crippen molar-refractivity contribution in [1.29, 1.82) is 0 Å². The topological polar surface area (TPSA) is 33.6 Å². The van der Waals surface area contributed by atoms with E-state index in [1.165, 1.54) is 35.3 Å². The van der Waals surface area contributed by atoms with Gasteiger partial charge < -0.3 is 0 Å². The van der Waals surface area contributed by atoms with Gasteiger partial charge in [-0.1, -0.05) is 6.92 Å². The standard InChI is InChI=1S/C14H19N3S2/c1-8(2)17-13(15-16-14(17)18)11-7-19-12-6-9(3)4-5-10(11)12/h7-9H,4-6H2,1-3H3,(H,16,18)/t9-/m0/s1. The molecular formula is C14H19N3S2. The molecule has 0 spiro atoms. The van der Waals surface area contributed by atoms with Crippen LogP contribution in [-0.2, 0) is 12.8 Å². The van der Waals surface area contributed by atoms with E-state index in [1.807, 2.05) is 11.3 Å². The average molecular weight is 293 g/mol. The molecule has 0 radical (unpaired) electrons. The van der Waals surface area contributed by atoms with Crippen molar-refractivity contribution < 1.29 is 0 Å². The van der Waals surface area contributed by atoms with Gasteiger partial charge in [-0.05, 0) is 56.8 Å². The van der Waals surface area contributed by atoms with Crippen molar-refractivity contribution in [3.63, 3.8) is 0 Å². The van der Waals surface area contributed by atoms with Crippen LogP contribution in [0.3, 0.4) is 0 Å². The first-order valence-electron chi connectivity index (χ1n) is 6.84. The summed E-state index contributed by atoms with van der Waals surface area (Å²) in [7, 11) is 0. The van der Waals surface area contributed by atoms with E-state index in [9.17, 15) is 0 Å². The Morgan fingerprint density at radius 3 is 3.05 bits per heavy atom. The van der Waals surface area contributed by atoms with Crippen molar-refractivity contribution in [3.8, 4) is 11.4 Å². The number of thiophene rings is 1. The third-order valence-electron chi connectivity index (χ3n) is 3.86. The molecule has 1 aliphatic carbocycles. The molecule has 1 N–H and O–H groups in total. The Balaban J connectivity index is 2.12. The Morgan fingerprint density at radius 2 is 2.32 bits per heavy atom. The van der Waals surface area contributed by atoms with Crippen molar-refractivity contribution in [1.82, 2.24) is 14.8 Å². The Morgan fingerprint density at radius 1 is 1.53 bits per heavy atom. The fourth-order valence-electron chi connectivity index (χ4n) is 2.84. The third-order valence-corrected chi connectivity index (χ3v) is 5.20. The first-order valence-corrected chi connectivity index (χ1v) is 8.13. The number of aromatic amines is 1. The fraction of sp³-hybridized carbons (Fsp3) is 0.571. The minimum Gasteiger partial charge on any atom is -0.298 e. The van der Waals surface area contributed by atoms with Crippen LogP contribution >= 0.6 is 23.6 Å². The predicted octanol–water partition coefficient (Wildman–Crippen LogP) is 4.37. The predicted molar refractivity (Wildman–Crippen MR) is 82.3 cm³/mol. The van der Waals surface area contributed by atoms with E-state index in [4.69, 9.17) is 12.2 Å². The van der Waals surface area contributed by atoms with Gasteiger partial charge in [-0.15, -0.1) is 11.3 Å². The zero-order valence-electron chi connectivity index (χ0n) is 11.6. The Hall–Kier alpha value is -0.940. The van der Waals surface area contributed by atoms with Crippen LogP contribution in [-0.4, -0.2) is 14.8 Å². The summed E-state index contributed by atoms with van der Waals surface area (Å²) in [6.45, 7) is 6.64. The summed E-state index contributed by atoms with van der Waals surface area (Å²) in [4.78, 5) is 1.54. The van der Waals surface area contributed by atoms with E-state index in [0.717, 1.165) is 11.7 Å². The van der Waals surface area contributed by atoms with Gasteiger partial charge in [-0.3, -0.25) is 9.67 Å². The lowest BCUT2D eigenvalue weighted by molar-refractivity contribution is 0.507. The summed E-state index contributed by atoms with van der Waals surface area (Å²) in [5.41, 5.74) is 2.78. The lowest BCUT2D eigenvalue weighted by Gasteiger charge is -2.19. The molecule has 0 bridgehead atoms. The first kappa shape index (κ1) is 13.1. The number of nitrogens with zero attached hydrogens (tertiary/aromatic N) is 2. The van der Waals surface area contributed by atoms with Gasteiger partial charge in [0.1, 0.15) is 0 Å². The number of H-pyrrole nitrogens is 1. The second-order valence-electron chi connectivity index (χ2n) is 5.72. The summed E-state index contributed by atoms with van der Waals surface area (Å²) in [6.07, 6.45) is 3.67. The number of hydrogen-bond donors (Lipinski definition) is 1. The second-order valence-corrected chi connectivity index (χ2v) is 7.07. The molecule has 0 unspecified atom stereocenters. The van der Waals surface area contributed by atoms with Crippen LogP contribution in [0.15, 0.2) is 5.38 Å². The zero-order chi connectivity index (χ0) is 13.6. The van der Waals surface area contributed by atoms with Gasteiger partial charge in [-0.2, -0.15) is 5.10 Å². The molecule has 0 amide bonds. The van der Waals surface area contributed by atoms with Crippen LogP contribution < -0.4 is 0 Å². The molecule has 0 aromatic carbocycles. The highest BCUT2D eigenvalue weighted by molar-refractivity contribution is 7.71. The summed E-state index contributed by atoms with van der Waals surface area (Å²) < 4.78 is 2.84. The van der Waals surface area contributed by atoms with Gasteiger partial charge in [0.2, 0.25) is 0 Å². The van der Waals surface area contributed by atoms with Crippen LogP contribution in [0, 0.1) is 10.7 Å². The lowest BCUT2D eigenvalue weighted by atomic mass is 9.88. The third kappa shape index (κ3) is 2.19. The largest absolute Gasteiger partial charge is 0.298 e. The maximum Gasteiger partial charge on any atom is 0.195 e. The summed E-state index contributed by atoms with van der Waals surface area (Å²) >= 11 is 7.22. The molecule has 0 saturated heterocycles. The maximum atomic E-state index is 5.34. The molecular weight excluding hydrogens is 274 g/mol. The minimum absolute atomic E-state index is 0.333. The van der Waals surface area contributed by atoms with Gasteiger partial charge in [0.25, 0.3) is 0 Å². The number of hydrogen-bond acceptors (Lipinski definition) is 3. The molecule has 1 aliphatic rings. The molecule has 102 valence electrons. The van der Waals surface area contributed by atoms with Gasteiger partial charge >= 0.3 is 0 Å². The van der Waals surface area contributed by atoms with Crippen molar-refractivity contribution in [2.75, 3.05) is 0 Å². The van der Waals surface area contributed by atoms with Crippen molar-refractivity contribution in [3.05, 3.63) is 20.6 Å². The number of nitrogens with one attached hydrogen (secondary N) is 1. The van der Waals surface area contributed by atoms with Crippen LogP contribution in [0.5, 0.6) is 0 Å². The van der Waals surface area contributed by atoms with E-state index < -0.39 is 0 Å². The molecule has 0 aliphatic heterocycles. The quantitative estimate of drug-likeness (QED) is 0.834. The van der Waals surface area contributed by atoms with E-state index in [2.05, 4.69) is 40.9 Å². The minimum atomic E-state index is 0.333. The Bertz CT molecular complexity index is 648. The summed E-state index contributed by atoms with van der Waals surface area (Å²) in [5.74, 6) is 1.82. The van der Waals surface area contributed by atoms with Crippen LogP contribution in [0.2, 0.25) is 0 Å². The average Bonchev–Trinajstić information content (AvgIpc) is 2.91. The normalized spacial score (nSPS) is 18.8. The van der Waals surface area contributed by atoms with E-state index in [-0.39, 0.29) is 0 Å². The Labute approximate surface area is 122 Å². The van der Waals surface area contributed by atoms with Crippen molar-refractivity contribution >= 4 is 23.6 Å². The van der Waals surface area contributed by atoms with Gasteiger partial charge in [-0.25, -0.2) is 0 Å². The molecule has 2 aromatic heterocycles. The molecule has 3 rings (SSSR count). The molecule has 5 heteroatoms. The molecule has 1 atom stereocenters. The second kappa shape index (κ2) is 4.87. The molecule has 3 nitrogen and oxygen atoms in total. The molecule has 2 aromatic rings.